The highest BCUT2D eigenvalue weighted by molar-refractivity contribution is 7.21. The maximum atomic E-state index is 10.8. The molecule has 0 amide bonds. The SMILES string of the molecule is Cc1nc(NCC2COCCO2)nc(N[C@@H]2C[C@H](C(C)(C)O)[C@@H](O)[C@H]2O)c1-c1nc2c(C)nccc2s1. The lowest BCUT2D eigenvalue weighted by Gasteiger charge is -2.28. The molecule has 1 aliphatic carbocycles. The van der Waals surface area contributed by atoms with E-state index < -0.39 is 29.8 Å². The third-order valence-corrected chi connectivity index (χ3v) is 8.12. The average molecular weight is 531 g/mol. The Morgan fingerprint density at radius 2 is 1.92 bits per heavy atom. The molecule has 0 bridgehead atoms. The minimum atomic E-state index is -1.15. The van der Waals surface area contributed by atoms with Crippen molar-refractivity contribution < 1.29 is 24.8 Å². The number of fused-ring (bicyclic) bond motifs is 1. The summed E-state index contributed by atoms with van der Waals surface area (Å²) in [5.74, 6) is 0.403. The standard InChI is InChI=1S/C25H34N6O5S/c1-12-18(23-30-19-13(2)26-6-5-17(19)37-23)22(29-16-9-15(25(3,4)34)20(32)21(16)33)31-24(28-12)27-10-14-11-35-7-8-36-14/h5-6,14-16,20-21,32-34H,7-11H2,1-4H3,(H2,27,28,29,31)/t14?,15-,16+,20+,21-/m0/s1. The zero-order chi connectivity index (χ0) is 26.3. The molecule has 12 heteroatoms. The Bertz CT molecular complexity index is 1260. The van der Waals surface area contributed by atoms with Crippen molar-refractivity contribution in [1.82, 2.24) is 19.9 Å². The van der Waals surface area contributed by atoms with E-state index in [0.29, 0.717) is 50.2 Å². The lowest BCUT2D eigenvalue weighted by Crippen LogP contribution is -2.40. The number of pyridine rings is 1. The number of ether oxygens (including phenoxy) is 2. The molecule has 1 unspecified atom stereocenters. The number of hydrogen-bond donors (Lipinski definition) is 5. The van der Waals surface area contributed by atoms with Crippen LogP contribution in [0.15, 0.2) is 12.3 Å². The first-order chi connectivity index (χ1) is 17.6. The van der Waals surface area contributed by atoms with Gasteiger partial charge in [0, 0.05) is 18.7 Å². The van der Waals surface area contributed by atoms with Gasteiger partial charge in [0.05, 0.1) is 65.3 Å². The Morgan fingerprint density at radius 3 is 2.59 bits per heavy atom. The third-order valence-electron chi connectivity index (χ3n) is 7.08. The van der Waals surface area contributed by atoms with Crippen LogP contribution in [0.2, 0.25) is 0 Å². The molecule has 4 heterocycles. The van der Waals surface area contributed by atoms with Gasteiger partial charge in [-0.05, 0) is 40.2 Å². The second-order valence-electron chi connectivity index (χ2n) is 10.3. The zero-order valence-electron chi connectivity index (χ0n) is 21.4. The monoisotopic (exact) mass is 530 g/mol. The molecule has 2 fully saturated rings. The summed E-state index contributed by atoms with van der Waals surface area (Å²) >= 11 is 1.52. The Kier molecular flexibility index (Phi) is 7.31. The summed E-state index contributed by atoms with van der Waals surface area (Å²) < 4.78 is 12.2. The molecule has 5 rings (SSSR count). The molecule has 1 saturated heterocycles. The van der Waals surface area contributed by atoms with Gasteiger partial charge in [-0.2, -0.15) is 4.98 Å². The fraction of sp³-hybridized carbons (Fsp3) is 0.600. The number of nitrogens with zero attached hydrogens (tertiary/aromatic N) is 4. The number of thiazole rings is 1. The summed E-state index contributed by atoms with van der Waals surface area (Å²) in [6.07, 6.45) is -0.119. The average Bonchev–Trinajstić information content (AvgIpc) is 3.40. The highest BCUT2D eigenvalue weighted by Gasteiger charge is 2.48. The Hall–Kier alpha value is -2.48. The van der Waals surface area contributed by atoms with Gasteiger partial charge in [-0.25, -0.2) is 9.97 Å². The highest BCUT2D eigenvalue weighted by Crippen LogP contribution is 2.40. The van der Waals surface area contributed by atoms with Crippen molar-refractivity contribution >= 4 is 33.3 Å². The highest BCUT2D eigenvalue weighted by atomic mass is 32.1. The zero-order valence-corrected chi connectivity index (χ0v) is 22.2. The minimum absolute atomic E-state index is 0.104. The van der Waals surface area contributed by atoms with Crippen molar-refractivity contribution in [2.24, 2.45) is 5.92 Å². The molecule has 1 aliphatic heterocycles. The first-order valence-corrected chi connectivity index (χ1v) is 13.3. The van der Waals surface area contributed by atoms with Gasteiger partial charge in [-0.3, -0.25) is 4.98 Å². The van der Waals surface area contributed by atoms with E-state index in [1.807, 2.05) is 19.9 Å². The Balaban J connectivity index is 1.50. The molecular weight excluding hydrogens is 496 g/mol. The molecule has 5 atom stereocenters. The van der Waals surface area contributed by atoms with Gasteiger partial charge >= 0.3 is 0 Å². The van der Waals surface area contributed by atoms with Crippen molar-refractivity contribution in [3.8, 4) is 10.6 Å². The van der Waals surface area contributed by atoms with Crippen molar-refractivity contribution in [2.75, 3.05) is 37.0 Å². The number of aliphatic hydroxyl groups is 3. The van der Waals surface area contributed by atoms with Crippen molar-refractivity contribution in [2.45, 2.75) is 64.1 Å². The summed E-state index contributed by atoms with van der Waals surface area (Å²) in [6.45, 7) is 9.23. The molecule has 200 valence electrons. The lowest BCUT2D eigenvalue weighted by molar-refractivity contribution is -0.0819. The number of hydrogen-bond acceptors (Lipinski definition) is 12. The van der Waals surface area contributed by atoms with Crippen LogP contribution in [-0.2, 0) is 9.47 Å². The number of nitrogens with one attached hydrogen (secondary N) is 2. The molecule has 3 aromatic heterocycles. The smallest absolute Gasteiger partial charge is 0.224 e. The second-order valence-corrected chi connectivity index (χ2v) is 11.3. The molecule has 2 aliphatic rings. The molecule has 5 N–H and O–H groups in total. The number of aryl methyl sites for hydroxylation is 2. The van der Waals surface area contributed by atoms with Crippen LogP contribution in [0.4, 0.5) is 11.8 Å². The van der Waals surface area contributed by atoms with E-state index in [4.69, 9.17) is 24.4 Å². The van der Waals surface area contributed by atoms with Gasteiger partial charge in [0.2, 0.25) is 5.95 Å². The summed E-state index contributed by atoms with van der Waals surface area (Å²) in [5.41, 5.74) is 1.94. The Labute approximate surface area is 219 Å². The van der Waals surface area contributed by atoms with E-state index in [1.54, 1.807) is 20.0 Å². The molecule has 0 spiro atoms. The summed E-state index contributed by atoms with van der Waals surface area (Å²) in [5, 5.41) is 39.4. The van der Waals surface area contributed by atoms with Crippen molar-refractivity contribution in [3.63, 3.8) is 0 Å². The summed E-state index contributed by atoms with van der Waals surface area (Å²) in [4.78, 5) is 18.7. The molecule has 0 radical (unpaired) electrons. The van der Waals surface area contributed by atoms with E-state index in [2.05, 4.69) is 15.6 Å². The molecule has 3 aromatic rings. The Morgan fingerprint density at radius 1 is 1.11 bits per heavy atom. The fourth-order valence-electron chi connectivity index (χ4n) is 5.02. The van der Waals surface area contributed by atoms with Crippen LogP contribution in [-0.4, -0.2) is 91.6 Å². The first-order valence-electron chi connectivity index (χ1n) is 12.5. The van der Waals surface area contributed by atoms with E-state index in [-0.39, 0.29) is 6.10 Å². The van der Waals surface area contributed by atoms with Crippen LogP contribution < -0.4 is 10.6 Å². The number of rotatable bonds is 7. The predicted octanol–water partition coefficient (Wildman–Crippen LogP) is 1.89. The van der Waals surface area contributed by atoms with E-state index in [9.17, 15) is 15.3 Å². The van der Waals surface area contributed by atoms with Crippen LogP contribution in [0.5, 0.6) is 0 Å². The van der Waals surface area contributed by atoms with Crippen LogP contribution in [0.3, 0.4) is 0 Å². The van der Waals surface area contributed by atoms with Crippen LogP contribution >= 0.6 is 11.3 Å². The van der Waals surface area contributed by atoms with Crippen molar-refractivity contribution in [1.29, 1.82) is 0 Å². The predicted molar refractivity (Wildman–Crippen MR) is 141 cm³/mol. The molecule has 1 saturated carbocycles. The van der Waals surface area contributed by atoms with Gasteiger partial charge in [-0.15, -0.1) is 11.3 Å². The first kappa shape index (κ1) is 26.1. The molecule has 11 nitrogen and oxygen atoms in total. The quantitative estimate of drug-likeness (QED) is 0.304. The van der Waals surface area contributed by atoms with Gasteiger partial charge in [0.25, 0.3) is 0 Å². The maximum absolute atomic E-state index is 10.8. The largest absolute Gasteiger partial charge is 0.390 e. The lowest BCUT2D eigenvalue weighted by atomic mass is 9.88. The van der Waals surface area contributed by atoms with E-state index in [1.165, 1.54) is 11.3 Å². The number of aliphatic hydroxyl groups excluding tert-OH is 2. The minimum Gasteiger partial charge on any atom is -0.390 e. The van der Waals surface area contributed by atoms with E-state index in [0.717, 1.165) is 26.5 Å². The number of aromatic nitrogens is 4. The third kappa shape index (κ3) is 5.40. The van der Waals surface area contributed by atoms with Crippen LogP contribution in [0.1, 0.15) is 31.7 Å². The normalized spacial score (nSPS) is 26.5. The van der Waals surface area contributed by atoms with Crippen molar-refractivity contribution in [3.05, 3.63) is 23.7 Å². The molecule has 37 heavy (non-hydrogen) atoms. The van der Waals surface area contributed by atoms with Gasteiger partial charge in [0.15, 0.2) is 0 Å². The van der Waals surface area contributed by atoms with E-state index >= 15 is 0 Å². The molecular formula is C25H34N6O5S. The number of anilines is 2. The van der Waals surface area contributed by atoms with Gasteiger partial charge in [0.1, 0.15) is 22.4 Å². The fourth-order valence-corrected chi connectivity index (χ4v) is 6.13. The van der Waals surface area contributed by atoms with Crippen LogP contribution in [0.25, 0.3) is 20.8 Å². The van der Waals surface area contributed by atoms with Crippen LogP contribution in [0, 0.1) is 19.8 Å². The molecule has 0 aromatic carbocycles. The summed E-state index contributed by atoms with van der Waals surface area (Å²) in [6, 6.07) is 1.40. The second kappa shape index (κ2) is 10.4. The summed E-state index contributed by atoms with van der Waals surface area (Å²) in [7, 11) is 0. The topological polar surface area (TPSA) is 155 Å². The maximum Gasteiger partial charge on any atom is 0.224 e. The van der Waals surface area contributed by atoms with Gasteiger partial charge in [-0.1, -0.05) is 0 Å². The van der Waals surface area contributed by atoms with Gasteiger partial charge < -0.3 is 35.4 Å².